The Morgan fingerprint density at radius 3 is 2.15 bits per heavy atom. The van der Waals surface area contributed by atoms with Gasteiger partial charge < -0.3 is 15.4 Å². The average molecular weight is 361 g/mol. The Hall–Kier alpha value is -1.92. The highest BCUT2D eigenvalue weighted by atomic mass is 16.5. The summed E-state index contributed by atoms with van der Waals surface area (Å²) in [6.07, 6.45) is 0. The first-order valence-corrected chi connectivity index (χ1v) is 9.42. The number of hydrogen-bond acceptors (Lipinski definition) is 4. The molecule has 1 aliphatic heterocycles. The molecule has 144 valence electrons. The Bertz CT molecular complexity index is 596. The van der Waals surface area contributed by atoms with Crippen molar-refractivity contribution in [3.63, 3.8) is 0 Å². The van der Waals surface area contributed by atoms with E-state index in [1.54, 1.807) is 0 Å². The highest BCUT2D eigenvalue weighted by Crippen LogP contribution is 2.32. The van der Waals surface area contributed by atoms with Crippen molar-refractivity contribution in [2.24, 2.45) is 0 Å². The van der Waals surface area contributed by atoms with Crippen LogP contribution in [0, 0.1) is 0 Å². The smallest absolute Gasteiger partial charge is 0.313 e. The number of amides is 2. The van der Waals surface area contributed by atoms with E-state index in [1.807, 2.05) is 18.2 Å². The van der Waals surface area contributed by atoms with Crippen LogP contribution in [0.15, 0.2) is 18.2 Å². The molecule has 0 aromatic heterocycles. The number of para-hydroxylation sites is 1. The fraction of sp³-hybridized carbons (Fsp3) is 0.600. The van der Waals surface area contributed by atoms with Gasteiger partial charge in [0, 0.05) is 31.9 Å². The van der Waals surface area contributed by atoms with Gasteiger partial charge in [-0.25, -0.2) is 0 Å². The third kappa shape index (κ3) is 5.54. The van der Waals surface area contributed by atoms with E-state index in [4.69, 9.17) is 4.74 Å². The van der Waals surface area contributed by atoms with E-state index in [-0.39, 0.29) is 11.8 Å². The molecule has 1 aromatic carbocycles. The van der Waals surface area contributed by atoms with Gasteiger partial charge in [0.1, 0.15) is 0 Å². The lowest BCUT2D eigenvalue weighted by Crippen LogP contribution is -2.43. The molecular weight excluding hydrogens is 330 g/mol. The average Bonchev–Trinajstić information content (AvgIpc) is 2.62. The summed E-state index contributed by atoms with van der Waals surface area (Å²) in [4.78, 5) is 26.8. The van der Waals surface area contributed by atoms with Gasteiger partial charge >= 0.3 is 11.8 Å². The van der Waals surface area contributed by atoms with E-state index in [0.29, 0.717) is 6.54 Å². The van der Waals surface area contributed by atoms with Gasteiger partial charge in [-0.05, 0) is 23.0 Å². The Kier molecular flexibility index (Phi) is 7.60. The summed E-state index contributed by atoms with van der Waals surface area (Å²) in [7, 11) is 0. The molecule has 6 nitrogen and oxygen atoms in total. The normalized spacial score (nSPS) is 15.3. The summed E-state index contributed by atoms with van der Waals surface area (Å²) in [6, 6.07) is 6.01. The highest BCUT2D eigenvalue weighted by Gasteiger charge is 2.20. The monoisotopic (exact) mass is 361 g/mol. The molecule has 0 bridgehead atoms. The van der Waals surface area contributed by atoms with Crippen LogP contribution in [0.2, 0.25) is 0 Å². The molecule has 0 aliphatic carbocycles. The fourth-order valence-electron chi connectivity index (χ4n) is 3.10. The van der Waals surface area contributed by atoms with Gasteiger partial charge in [0.15, 0.2) is 0 Å². The van der Waals surface area contributed by atoms with Crippen molar-refractivity contribution in [2.75, 3.05) is 44.7 Å². The summed E-state index contributed by atoms with van der Waals surface area (Å²) in [5.74, 6) is -0.685. The summed E-state index contributed by atoms with van der Waals surface area (Å²) in [6.45, 7) is 12.7. The van der Waals surface area contributed by atoms with E-state index in [0.717, 1.165) is 49.7 Å². The van der Waals surface area contributed by atoms with Crippen molar-refractivity contribution < 1.29 is 14.3 Å². The third-order valence-electron chi connectivity index (χ3n) is 4.63. The number of carbonyl (C=O) groups is 2. The molecule has 1 aliphatic rings. The molecule has 1 fully saturated rings. The number of hydrogen-bond donors (Lipinski definition) is 2. The van der Waals surface area contributed by atoms with Crippen molar-refractivity contribution in [1.29, 1.82) is 0 Å². The van der Waals surface area contributed by atoms with Crippen molar-refractivity contribution in [2.45, 2.75) is 39.5 Å². The van der Waals surface area contributed by atoms with E-state index in [1.165, 1.54) is 0 Å². The lowest BCUT2D eigenvalue weighted by Gasteiger charge is -2.26. The van der Waals surface area contributed by atoms with Gasteiger partial charge in [-0.1, -0.05) is 45.9 Å². The molecule has 1 aromatic rings. The van der Waals surface area contributed by atoms with Crippen LogP contribution in [-0.4, -0.2) is 56.1 Å². The zero-order chi connectivity index (χ0) is 19.1. The maximum atomic E-state index is 12.4. The second-order valence-corrected chi connectivity index (χ2v) is 7.28. The van der Waals surface area contributed by atoms with Crippen LogP contribution in [0.4, 0.5) is 5.69 Å². The Morgan fingerprint density at radius 1 is 1.04 bits per heavy atom. The molecule has 0 atom stereocenters. The summed E-state index contributed by atoms with van der Waals surface area (Å²) in [5.41, 5.74) is 2.86. The summed E-state index contributed by atoms with van der Waals surface area (Å²) in [5, 5.41) is 5.56. The highest BCUT2D eigenvalue weighted by molar-refractivity contribution is 6.39. The number of nitrogens with zero attached hydrogens (tertiary/aromatic N) is 1. The fourth-order valence-corrected chi connectivity index (χ4v) is 3.10. The summed E-state index contributed by atoms with van der Waals surface area (Å²) < 4.78 is 5.30. The van der Waals surface area contributed by atoms with E-state index in [9.17, 15) is 9.59 Å². The quantitative estimate of drug-likeness (QED) is 0.763. The molecule has 0 saturated carbocycles. The Morgan fingerprint density at radius 2 is 1.62 bits per heavy atom. The van der Waals surface area contributed by atoms with Gasteiger partial charge in [-0.2, -0.15) is 0 Å². The van der Waals surface area contributed by atoms with E-state index in [2.05, 4.69) is 43.2 Å². The van der Waals surface area contributed by atoms with Gasteiger partial charge in [0.05, 0.1) is 13.2 Å². The first kappa shape index (κ1) is 20.4. The molecule has 1 heterocycles. The van der Waals surface area contributed by atoms with Crippen molar-refractivity contribution >= 4 is 17.5 Å². The second kappa shape index (κ2) is 9.69. The van der Waals surface area contributed by atoms with Crippen LogP contribution in [0.1, 0.15) is 50.7 Å². The topological polar surface area (TPSA) is 70.7 Å². The Balaban J connectivity index is 1.96. The zero-order valence-electron chi connectivity index (χ0n) is 16.3. The van der Waals surface area contributed by atoms with Crippen molar-refractivity contribution in [1.82, 2.24) is 10.2 Å². The number of anilines is 1. The van der Waals surface area contributed by atoms with Crippen molar-refractivity contribution in [3.8, 4) is 0 Å². The first-order valence-electron chi connectivity index (χ1n) is 9.42. The predicted octanol–water partition coefficient (Wildman–Crippen LogP) is 2.32. The maximum absolute atomic E-state index is 12.4. The minimum absolute atomic E-state index is 0.258. The van der Waals surface area contributed by atoms with Crippen LogP contribution in [0.3, 0.4) is 0 Å². The first-order chi connectivity index (χ1) is 12.4. The van der Waals surface area contributed by atoms with E-state index >= 15 is 0 Å². The minimum Gasteiger partial charge on any atom is -0.379 e. The maximum Gasteiger partial charge on any atom is 0.313 e. The van der Waals surface area contributed by atoms with Crippen molar-refractivity contribution in [3.05, 3.63) is 29.3 Å². The zero-order valence-corrected chi connectivity index (χ0v) is 16.3. The number of morpholine rings is 1. The predicted molar refractivity (Wildman–Crippen MR) is 104 cm³/mol. The largest absolute Gasteiger partial charge is 0.379 e. The number of ether oxygens (including phenoxy) is 1. The molecule has 1 saturated heterocycles. The van der Waals surface area contributed by atoms with Gasteiger partial charge in [0.25, 0.3) is 0 Å². The van der Waals surface area contributed by atoms with Gasteiger partial charge in [-0.3, -0.25) is 14.5 Å². The molecule has 0 radical (unpaired) electrons. The lowest BCUT2D eigenvalue weighted by molar-refractivity contribution is -0.136. The molecule has 0 unspecified atom stereocenters. The molecule has 26 heavy (non-hydrogen) atoms. The lowest BCUT2D eigenvalue weighted by atomic mass is 9.92. The van der Waals surface area contributed by atoms with Crippen LogP contribution >= 0.6 is 0 Å². The SMILES string of the molecule is CC(C)c1cccc(C(C)C)c1NC(=O)C(=O)NCCN1CCOCC1. The molecule has 2 amide bonds. The number of rotatable bonds is 6. The van der Waals surface area contributed by atoms with Gasteiger partial charge in [-0.15, -0.1) is 0 Å². The van der Waals surface area contributed by atoms with Crippen LogP contribution in [0.25, 0.3) is 0 Å². The standard InChI is InChI=1S/C20H31N3O3/c1-14(2)16-6-5-7-17(15(3)4)18(16)22-20(25)19(24)21-8-9-23-10-12-26-13-11-23/h5-7,14-15H,8-13H2,1-4H3,(H,21,24)(H,22,25). The van der Waals surface area contributed by atoms with E-state index < -0.39 is 11.8 Å². The minimum atomic E-state index is -0.609. The number of benzene rings is 1. The Labute approximate surface area is 156 Å². The molecule has 6 heteroatoms. The van der Waals surface area contributed by atoms with Gasteiger partial charge in [0.2, 0.25) is 0 Å². The van der Waals surface area contributed by atoms with Crippen LogP contribution < -0.4 is 10.6 Å². The third-order valence-corrected chi connectivity index (χ3v) is 4.63. The molecular formula is C20H31N3O3. The molecule has 2 N–H and O–H groups in total. The molecule has 0 spiro atoms. The van der Waals surface area contributed by atoms with Crippen LogP contribution in [0.5, 0.6) is 0 Å². The summed E-state index contributed by atoms with van der Waals surface area (Å²) >= 11 is 0. The van der Waals surface area contributed by atoms with Crippen LogP contribution in [-0.2, 0) is 14.3 Å². The second-order valence-electron chi connectivity index (χ2n) is 7.28. The number of nitrogens with one attached hydrogen (secondary N) is 2. The molecule has 2 rings (SSSR count). The number of carbonyl (C=O) groups excluding carboxylic acids is 2.